The molecule has 0 saturated carbocycles. The van der Waals surface area contributed by atoms with Crippen LogP contribution in [-0.4, -0.2) is 42.9 Å². The van der Waals surface area contributed by atoms with E-state index in [0.717, 1.165) is 38.2 Å². The summed E-state index contributed by atoms with van der Waals surface area (Å²) < 4.78 is 5.26. The summed E-state index contributed by atoms with van der Waals surface area (Å²) in [6, 6.07) is 4.08. The Kier molecular flexibility index (Phi) is 4.09. The zero-order valence-electron chi connectivity index (χ0n) is 11.1. The molecule has 1 aliphatic heterocycles. The summed E-state index contributed by atoms with van der Waals surface area (Å²) in [5.41, 5.74) is 9.27. The topological polar surface area (TPSA) is 58.7 Å². The number of nitrogen functional groups attached to an aromatic ring is 1. The van der Waals surface area contributed by atoms with Crippen molar-refractivity contribution in [2.45, 2.75) is 25.9 Å². The molecule has 1 aromatic rings. The van der Waals surface area contributed by atoms with Gasteiger partial charge in [-0.15, -0.1) is 0 Å². The summed E-state index contributed by atoms with van der Waals surface area (Å²) in [6.07, 6.45) is 1.69. The van der Waals surface area contributed by atoms with Crippen LogP contribution in [0.1, 0.15) is 18.1 Å². The van der Waals surface area contributed by atoms with Crippen LogP contribution < -0.4 is 10.5 Å². The fraction of sp³-hybridized carbons (Fsp3) is 0.571. The van der Waals surface area contributed by atoms with E-state index in [1.54, 1.807) is 7.11 Å². The summed E-state index contributed by atoms with van der Waals surface area (Å²) >= 11 is 0. The highest BCUT2D eigenvalue weighted by molar-refractivity contribution is 5.57. The van der Waals surface area contributed by atoms with Gasteiger partial charge in [0.15, 0.2) is 0 Å². The molecule has 18 heavy (non-hydrogen) atoms. The first-order valence-corrected chi connectivity index (χ1v) is 6.46. The SMILES string of the molecule is COc1cc2c(cc1N)CCN(C[C@@H](C)O)CC2. The quantitative estimate of drug-likeness (QED) is 0.788. The van der Waals surface area contributed by atoms with Crippen molar-refractivity contribution in [3.8, 4) is 5.75 Å². The van der Waals surface area contributed by atoms with Gasteiger partial charge in [-0.2, -0.15) is 0 Å². The van der Waals surface area contributed by atoms with Crippen molar-refractivity contribution in [1.29, 1.82) is 0 Å². The first-order chi connectivity index (χ1) is 8.60. The van der Waals surface area contributed by atoms with Crippen LogP contribution in [0.5, 0.6) is 5.75 Å². The molecule has 0 aliphatic carbocycles. The number of aliphatic hydroxyl groups is 1. The van der Waals surface area contributed by atoms with E-state index in [0.29, 0.717) is 5.69 Å². The Hall–Kier alpha value is -1.26. The molecule has 1 heterocycles. The highest BCUT2D eigenvalue weighted by atomic mass is 16.5. The van der Waals surface area contributed by atoms with E-state index < -0.39 is 0 Å². The number of fused-ring (bicyclic) bond motifs is 1. The molecule has 1 aliphatic rings. The molecular weight excluding hydrogens is 228 g/mol. The number of nitrogens with two attached hydrogens (primary N) is 1. The van der Waals surface area contributed by atoms with E-state index in [9.17, 15) is 5.11 Å². The number of benzene rings is 1. The second-order valence-electron chi connectivity index (χ2n) is 5.01. The average molecular weight is 250 g/mol. The number of ether oxygens (including phenoxy) is 1. The highest BCUT2D eigenvalue weighted by Gasteiger charge is 2.16. The molecule has 0 aromatic heterocycles. The fourth-order valence-corrected chi connectivity index (χ4v) is 2.55. The molecule has 1 atom stereocenters. The Morgan fingerprint density at radius 1 is 1.33 bits per heavy atom. The normalized spacial score (nSPS) is 17.9. The van der Waals surface area contributed by atoms with Gasteiger partial charge in [0.1, 0.15) is 5.75 Å². The molecule has 0 spiro atoms. The molecule has 4 nitrogen and oxygen atoms in total. The lowest BCUT2D eigenvalue weighted by Crippen LogP contribution is -2.33. The van der Waals surface area contributed by atoms with Crippen molar-refractivity contribution in [1.82, 2.24) is 4.90 Å². The third kappa shape index (κ3) is 2.94. The van der Waals surface area contributed by atoms with Gasteiger partial charge in [-0.3, -0.25) is 0 Å². The van der Waals surface area contributed by atoms with Gasteiger partial charge in [0.2, 0.25) is 0 Å². The van der Waals surface area contributed by atoms with Gasteiger partial charge in [0, 0.05) is 19.6 Å². The van der Waals surface area contributed by atoms with Crippen LogP contribution in [0.3, 0.4) is 0 Å². The Bertz CT molecular complexity index is 419. The van der Waals surface area contributed by atoms with E-state index in [1.165, 1.54) is 11.1 Å². The van der Waals surface area contributed by atoms with Gasteiger partial charge < -0.3 is 20.5 Å². The molecular formula is C14H22N2O2. The Morgan fingerprint density at radius 3 is 2.50 bits per heavy atom. The monoisotopic (exact) mass is 250 g/mol. The summed E-state index contributed by atoms with van der Waals surface area (Å²) in [5, 5.41) is 9.46. The minimum absolute atomic E-state index is 0.272. The van der Waals surface area contributed by atoms with Crippen LogP contribution in [0.4, 0.5) is 5.69 Å². The third-order valence-corrected chi connectivity index (χ3v) is 3.47. The van der Waals surface area contributed by atoms with E-state index in [-0.39, 0.29) is 6.10 Å². The van der Waals surface area contributed by atoms with Crippen molar-refractivity contribution < 1.29 is 9.84 Å². The van der Waals surface area contributed by atoms with Gasteiger partial charge in [0.05, 0.1) is 18.9 Å². The lowest BCUT2D eigenvalue weighted by atomic mass is 10.0. The zero-order chi connectivity index (χ0) is 13.1. The van der Waals surface area contributed by atoms with Crippen molar-refractivity contribution >= 4 is 5.69 Å². The van der Waals surface area contributed by atoms with Crippen molar-refractivity contribution in [3.63, 3.8) is 0 Å². The van der Waals surface area contributed by atoms with Gasteiger partial charge in [0.25, 0.3) is 0 Å². The summed E-state index contributed by atoms with van der Waals surface area (Å²) in [7, 11) is 1.65. The van der Waals surface area contributed by atoms with Crippen LogP contribution >= 0.6 is 0 Å². The van der Waals surface area contributed by atoms with Gasteiger partial charge >= 0.3 is 0 Å². The molecule has 0 bridgehead atoms. The molecule has 0 radical (unpaired) electrons. The van der Waals surface area contributed by atoms with E-state index >= 15 is 0 Å². The number of anilines is 1. The highest BCUT2D eigenvalue weighted by Crippen LogP contribution is 2.28. The number of hydrogen-bond acceptors (Lipinski definition) is 4. The smallest absolute Gasteiger partial charge is 0.142 e. The van der Waals surface area contributed by atoms with Crippen LogP contribution in [0.25, 0.3) is 0 Å². The molecule has 1 aromatic carbocycles. The Morgan fingerprint density at radius 2 is 1.94 bits per heavy atom. The lowest BCUT2D eigenvalue weighted by molar-refractivity contribution is 0.129. The van der Waals surface area contributed by atoms with Crippen LogP contribution in [0.2, 0.25) is 0 Å². The second-order valence-corrected chi connectivity index (χ2v) is 5.01. The summed E-state index contributed by atoms with van der Waals surface area (Å²) in [5.74, 6) is 0.762. The van der Waals surface area contributed by atoms with Gasteiger partial charge in [-0.25, -0.2) is 0 Å². The average Bonchev–Trinajstić information content (AvgIpc) is 2.50. The summed E-state index contributed by atoms with van der Waals surface area (Å²) in [6.45, 7) is 4.52. The Labute approximate surface area is 108 Å². The number of β-amino-alcohol motifs (C(OH)–C–C–N with tert-alkyl or cyclic N) is 1. The molecule has 0 fully saturated rings. The number of methoxy groups -OCH3 is 1. The maximum atomic E-state index is 9.46. The minimum Gasteiger partial charge on any atom is -0.495 e. The molecule has 100 valence electrons. The van der Waals surface area contributed by atoms with Crippen molar-refractivity contribution in [2.75, 3.05) is 32.5 Å². The predicted octanol–water partition coefficient (Wildman–Crippen LogP) is 1.06. The van der Waals surface area contributed by atoms with E-state index in [4.69, 9.17) is 10.5 Å². The lowest BCUT2D eigenvalue weighted by Gasteiger charge is -2.20. The number of rotatable bonds is 3. The Balaban J connectivity index is 2.15. The van der Waals surface area contributed by atoms with Crippen LogP contribution in [0.15, 0.2) is 12.1 Å². The van der Waals surface area contributed by atoms with Gasteiger partial charge in [-0.1, -0.05) is 0 Å². The molecule has 0 amide bonds. The number of nitrogens with zero attached hydrogens (tertiary/aromatic N) is 1. The van der Waals surface area contributed by atoms with E-state index in [2.05, 4.69) is 11.0 Å². The zero-order valence-corrected chi connectivity index (χ0v) is 11.1. The standard InChI is InChI=1S/C14H22N2O2/c1-10(17)9-16-5-3-11-7-13(15)14(18-2)8-12(11)4-6-16/h7-8,10,17H,3-6,9,15H2,1-2H3/t10-/m1/s1. The largest absolute Gasteiger partial charge is 0.495 e. The van der Waals surface area contributed by atoms with Crippen molar-refractivity contribution in [3.05, 3.63) is 23.3 Å². The maximum absolute atomic E-state index is 9.46. The number of aliphatic hydroxyl groups excluding tert-OH is 1. The molecule has 3 N–H and O–H groups in total. The molecule has 2 rings (SSSR count). The molecule has 0 unspecified atom stereocenters. The first-order valence-electron chi connectivity index (χ1n) is 6.46. The third-order valence-electron chi connectivity index (χ3n) is 3.47. The predicted molar refractivity (Wildman–Crippen MR) is 72.9 cm³/mol. The van der Waals surface area contributed by atoms with Crippen molar-refractivity contribution in [2.24, 2.45) is 0 Å². The minimum atomic E-state index is -0.272. The van der Waals surface area contributed by atoms with Crippen LogP contribution in [0, 0.1) is 0 Å². The first kappa shape index (κ1) is 13.2. The maximum Gasteiger partial charge on any atom is 0.142 e. The number of hydrogen-bond donors (Lipinski definition) is 2. The fourth-order valence-electron chi connectivity index (χ4n) is 2.55. The van der Waals surface area contributed by atoms with E-state index in [1.807, 2.05) is 13.0 Å². The van der Waals surface area contributed by atoms with Gasteiger partial charge in [-0.05, 0) is 43.0 Å². The second kappa shape index (κ2) is 5.59. The summed E-state index contributed by atoms with van der Waals surface area (Å²) in [4.78, 5) is 2.30. The molecule has 0 saturated heterocycles. The van der Waals surface area contributed by atoms with Crippen LogP contribution in [-0.2, 0) is 12.8 Å². The molecule has 4 heteroatoms.